The van der Waals surface area contributed by atoms with Gasteiger partial charge in [0.1, 0.15) is 44.8 Å². The third kappa shape index (κ3) is 5.54. The van der Waals surface area contributed by atoms with Crippen LogP contribution in [0.5, 0.6) is 23.0 Å². The molecule has 2 fully saturated rings. The van der Waals surface area contributed by atoms with Gasteiger partial charge < -0.3 is 33.9 Å². The van der Waals surface area contributed by atoms with Crippen LogP contribution in [0.2, 0.25) is 5.02 Å². The molecule has 2 aromatic carbocycles. The molecule has 3 aliphatic rings. The molecule has 3 aliphatic heterocycles. The monoisotopic (exact) mass is 543 g/mol. The molecule has 0 radical (unpaired) electrons. The average Bonchev–Trinajstić information content (AvgIpc) is 3.26. The Labute approximate surface area is 229 Å². The van der Waals surface area contributed by atoms with Crippen LogP contribution in [0.3, 0.4) is 0 Å². The van der Waals surface area contributed by atoms with E-state index in [1.807, 2.05) is 12.1 Å². The smallest absolute Gasteiger partial charge is 0.231 e. The summed E-state index contributed by atoms with van der Waals surface area (Å²) in [5.41, 5.74) is 0.970. The van der Waals surface area contributed by atoms with Crippen molar-refractivity contribution in [2.24, 2.45) is 0 Å². The first-order valence-corrected chi connectivity index (χ1v) is 13.3. The molecule has 11 heteroatoms. The summed E-state index contributed by atoms with van der Waals surface area (Å²) in [4.78, 5) is 13.7. The summed E-state index contributed by atoms with van der Waals surface area (Å²) in [6.45, 7) is 4.53. The fraction of sp³-hybridized carbons (Fsp3) is 0.481. The zero-order chi connectivity index (χ0) is 27.7. The van der Waals surface area contributed by atoms with Gasteiger partial charge in [0, 0.05) is 57.7 Å². The third-order valence-corrected chi connectivity index (χ3v) is 7.33. The number of piperazine rings is 1. The van der Waals surface area contributed by atoms with Crippen LogP contribution in [-0.2, 0) is 4.74 Å². The first-order valence-electron chi connectivity index (χ1n) is 13.9. The van der Waals surface area contributed by atoms with Crippen molar-refractivity contribution in [1.29, 1.82) is 0 Å². The molecule has 2 saturated heterocycles. The van der Waals surface area contributed by atoms with Crippen LogP contribution >= 0.6 is 11.6 Å². The van der Waals surface area contributed by atoms with E-state index in [4.69, 9.17) is 38.0 Å². The second-order valence-corrected chi connectivity index (χ2v) is 10.0. The predicted octanol–water partition coefficient (Wildman–Crippen LogP) is 3.94. The summed E-state index contributed by atoms with van der Waals surface area (Å²) in [6, 6.07) is 6.93. The maximum atomic E-state index is 7.86. The molecule has 0 atom stereocenters. The van der Waals surface area contributed by atoms with Crippen LogP contribution in [0.1, 0.15) is 15.6 Å². The Hall–Kier alpha value is -3.05. The van der Waals surface area contributed by atoms with Crippen LogP contribution in [0, 0.1) is 0 Å². The van der Waals surface area contributed by atoms with Gasteiger partial charge in [0.15, 0.2) is 11.5 Å². The lowest BCUT2D eigenvalue weighted by Crippen LogP contribution is -2.45. The van der Waals surface area contributed by atoms with Gasteiger partial charge >= 0.3 is 0 Å². The molecule has 0 bridgehead atoms. The fourth-order valence-electron chi connectivity index (χ4n) is 4.80. The number of nitrogens with zero attached hydrogens (tertiary/aromatic N) is 4. The molecule has 0 aliphatic carbocycles. The molecule has 202 valence electrons. The van der Waals surface area contributed by atoms with Crippen molar-refractivity contribution in [3.05, 3.63) is 35.6 Å². The minimum Gasteiger partial charge on any atom is -0.492 e. The van der Waals surface area contributed by atoms with Gasteiger partial charge in [-0.25, -0.2) is 9.97 Å². The lowest BCUT2D eigenvalue weighted by atomic mass is 10.1. The minimum atomic E-state index is -2.30. The van der Waals surface area contributed by atoms with Crippen molar-refractivity contribution < 1.29 is 26.4 Å². The zero-order valence-electron chi connectivity index (χ0n) is 23.2. The van der Waals surface area contributed by atoms with Crippen molar-refractivity contribution >= 4 is 34.0 Å². The van der Waals surface area contributed by atoms with E-state index in [0.717, 1.165) is 45.6 Å². The van der Waals surface area contributed by atoms with Gasteiger partial charge in [-0.2, -0.15) is 0 Å². The Kier molecular flexibility index (Phi) is 6.85. The van der Waals surface area contributed by atoms with Gasteiger partial charge in [0.2, 0.25) is 6.75 Å². The highest BCUT2D eigenvalue weighted by Gasteiger charge is 2.24. The lowest BCUT2D eigenvalue weighted by Gasteiger charge is -2.32. The molecule has 4 heterocycles. The van der Waals surface area contributed by atoms with Crippen molar-refractivity contribution in [2.45, 2.75) is 18.9 Å². The van der Waals surface area contributed by atoms with Gasteiger partial charge in [0.25, 0.3) is 0 Å². The molecular weight excluding hydrogens is 510 g/mol. The number of ether oxygens (including phenoxy) is 5. The predicted molar refractivity (Wildman–Crippen MR) is 144 cm³/mol. The number of rotatable bonds is 8. The summed E-state index contributed by atoms with van der Waals surface area (Å²) < 4.78 is 44.6. The first-order chi connectivity index (χ1) is 19.3. The van der Waals surface area contributed by atoms with Crippen molar-refractivity contribution in [1.82, 2.24) is 19.8 Å². The number of hydrogen-bond donors (Lipinski definition) is 1. The van der Waals surface area contributed by atoms with Crippen LogP contribution in [0.4, 0.5) is 11.5 Å². The topological polar surface area (TPSA) is 90.4 Å². The van der Waals surface area contributed by atoms with Gasteiger partial charge in [-0.3, -0.25) is 4.90 Å². The van der Waals surface area contributed by atoms with E-state index in [1.165, 1.54) is 6.33 Å². The second kappa shape index (κ2) is 11.4. The number of halogens is 1. The highest BCUT2D eigenvalue weighted by atomic mass is 35.5. The van der Waals surface area contributed by atoms with E-state index in [2.05, 4.69) is 32.1 Å². The zero-order valence-corrected chi connectivity index (χ0v) is 22.0. The Bertz CT molecular complexity index is 1370. The molecule has 3 aromatic rings. The Morgan fingerprint density at radius 2 is 1.97 bits per heavy atom. The third-order valence-electron chi connectivity index (χ3n) is 7.02. The summed E-state index contributed by atoms with van der Waals surface area (Å²) in [5.74, 6) is 2.09. The van der Waals surface area contributed by atoms with Crippen LogP contribution < -0.4 is 24.3 Å². The molecule has 1 N–H and O–H groups in total. The number of aromatic nitrogens is 2. The van der Waals surface area contributed by atoms with E-state index < -0.39 is 6.75 Å². The fourth-order valence-corrected chi connectivity index (χ4v) is 5.00. The quantitative estimate of drug-likeness (QED) is 0.450. The highest BCUT2D eigenvalue weighted by molar-refractivity contribution is 6.34. The molecule has 0 spiro atoms. The lowest BCUT2D eigenvalue weighted by molar-refractivity contribution is 0.0261. The maximum Gasteiger partial charge on any atom is 0.231 e. The van der Waals surface area contributed by atoms with Gasteiger partial charge in [-0.05, 0) is 19.2 Å². The Balaban J connectivity index is 1.30. The molecule has 1 aromatic heterocycles. The minimum absolute atomic E-state index is 0.0286. The number of nitrogens with one attached hydrogen (secondary N) is 1. The number of likely N-dealkylation sites (N-methyl/N-ethyl adjacent to an activating group) is 1. The van der Waals surface area contributed by atoms with Crippen molar-refractivity contribution in [3.8, 4) is 23.0 Å². The molecule has 10 nitrogen and oxygen atoms in total. The second-order valence-electron chi connectivity index (χ2n) is 9.62. The van der Waals surface area contributed by atoms with Crippen LogP contribution in [0.25, 0.3) is 10.9 Å². The van der Waals surface area contributed by atoms with Crippen molar-refractivity contribution in [2.75, 3.05) is 71.7 Å². The van der Waals surface area contributed by atoms with E-state index >= 15 is 0 Å². The van der Waals surface area contributed by atoms with Crippen LogP contribution in [0.15, 0.2) is 30.6 Å². The molecular formula is C27H32ClN5O5. The van der Waals surface area contributed by atoms with Crippen LogP contribution in [-0.4, -0.2) is 92.2 Å². The first kappa shape index (κ1) is 22.9. The van der Waals surface area contributed by atoms with Gasteiger partial charge in [-0.15, -0.1) is 0 Å². The Morgan fingerprint density at radius 1 is 1.13 bits per heavy atom. The van der Waals surface area contributed by atoms with Gasteiger partial charge in [-0.1, -0.05) is 11.6 Å². The molecule has 38 heavy (non-hydrogen) atoms. The highest BCUT2D eigenvalue weighted by Crippen LogP contribution is 2.46. The van der Waals surface area contributed by atoms with E-state index in [-0.39, 0.29) is 17.6 Å². The van der Waals surface area contributed by atoms with Gasteiger partial charge in [0.05, 0.1) is 29.1 Å². The SMILES string of the molecule is [2H]C1([2H])Oc2ccc(Cl)c(Nc3ncnc4cc(OCCN5CCN(C)CC5)cc(OC5CCOCC5)c34)c2O1. The standard InChI is InChI=1S/C27H32ClN5O5/c1-32-6-8-33(9-7-32)10-13-35-19-14-21-24(23(15-19)38-18-4-11-34-12-5-18)27(30-16-29-21)31-25-20(28)2-3-22-26(25)37-17-36-22/h2-3,14-16,18H,4-13,17H2,1H3,(H,29,30,31)/i17D2. The van der Waals surface area contributed by atoms with E-state index in [1.54, 1.807) is 12.1 Å². The number of benzene rings is 2. The average molecular weight is 544 g/mol. The number of fused-ring (bicyclic) bond motifs is 2. The Morgan fingerprint density at radius 3 is 2.82 bits per heavy atom. The largest absolute Gasteiger partial charge is 0.492 e. The summed E-state index contributed by atoms with van der Waals surface area (Å²) in [7, 11) is 2.14. The maximum absolute atomic E-state index is 7.86. The molecule has 0 saturated carbocycles. The summed E-state index contributed by atoms with van der Waals surface area (Å²) in [5, 5.41) is 4.20. The summed E-state index contributed by atoms with van der Waals surface area (Å²) >= 11 is 6.52. The van der Waals surface area contributed by atoms with E-state index in [0.29, 0.717) is 58.8 Å². The normalized spacial score (nSPS) is 20.7. The molecule has 0 amide bonds. The van der Waals surface area contributed by atoms with E-state index in [9.17, 15) is 0 Å². The number of anilines is 2. The molecule has 0 unspecified atom stereocenters. The number of hydrogen-bond acceptors (Lipinski definition) is 10. The van der Waals surface area contributed by atoms with Crippen molar-refractivity contribution in [3.63, 3.8) is 0 Å². The molecule has 6 rings (SSSR count). The summed E-state index contributed by atoms with van der Waals surface area (Å²) in [6.07, 6.45) is 2.96.